The SMILES string of the molecule is CC1(C)CCCC1(N)Cc1ccc(Br)s1. The number of rotatable bonds is 2. The molecule has 0 bridgehead atoms. The fraction of sp³-hybridized carbons (Fsp3) is 0.667. The molecule has 1 aromatic rings. The maximum absolute atomic E-state index is 6.57. The highest BCUT2D eigenvalue weighted by atomic mass is 79.9. The first kappa shape index (κ1) is 11.6. The fourth-order valence-corrected chi connectivity index (χ4v) is 4.13. The number of nitrogens with two attached hydrogens (primary N) is 1. The highest BCUT2D eigenvalue weighted by Crippen LogP contribution is 2.46. The Hall–Kier alpha value is 0.140. The van der Waals surface area contributed by atoms with Gasteiger partial charge in [-0.1, -0.05) is 20.3 Å². The smallest absolute Gasteiger partial charge is 0.0701 e. The van der Waals surface area contributed by atoms with E-state index >= 15 is 0 Å². The van der Waals surface area contributed by atoms with Crippen LogP contribution in [0, 0.1) is 5.41 Å². The maximum Gasteiger partial charge on any atom is 0.0701 e. The van der Waals surface area contributed by atoms with E-state index in [1.807, 2.05) is 11.3 Å². The fourth-order valence-electron chi connectivity index (χ4n) is 2.52. The molecule has 84 valence electrons. The van der Waals surface area contributed by atoms with Crippen LogP contribution in [0.2, 0.25) is 0 Å². The van der Waals surface area contributed by atoms with Crippen LogP contribution in [0.25, 0.3) is 0 Å². The minimum absolute atomic E-state index is 0.00269. The van der Waals surface area contributed by atoms with Gasteiger partial charge < -0.3 is 5.73 Å². The van der Waals surface area contributed by atoms with Crippen molar-refractivity contribution in [1.82, 2.24) is 0 Å². The Kier molecular flexibility index (Phi) is 2.99. The van der Waals surface area contributed by atoms with Gasteiger partial charge in [-0.2, -0.15) is 0 Å². The van der Waals surface area contributed by atoms with Crippen molar-refractivity contribution in [3.63, 3.8) is 0 Å². The third kappa shape index (κ3) is 2.15. The van der Waals surface area contributed by atoms with E-state index in [0.29, 0.717) is 0 Å². The minimum Gasteiger partial charge on any atom is -0.324 e. The zero-order valence-corrected chi connectivity index (χ0v) is 11.7. The third-order valence-electron chi connectivity index (χ3n) is 3.89. The average molecular weight is 288 g/mol. The molecular formula is C12H18BrNS. The molecule has 0 radical (unpaired) electrons. The van der Waals surface area contributed by atoms with Gasteiger partial charge in [0.05, 0.1) is 3.79 Å². The van der Waals surface area contributed by atoms with Gasteiger partial charge >= 0.3 is 0 Å². The number of hydrogen-bond donors (Lipinski definition) is 1. The first-order valence-corrected chi connectivity index (χ1v) is 7.07. The van der Waals surface area contributed by atoms with Crippen LogP contribution in [0.5, 0.6) is 0 Å². The van der Waals surface area contributed by atoms with Gasteiger partial charge in [-0.05, 0) is 46.3 Å². The molecule has 1 fully saturated rings. The molecule has 15 heavy (non-hydrogen) atoms. The third-order valence-corrected chi connectivity index (χ3v) is 5.51. The Morgan fingerprint density at radius 1 is 1.40 bits per heavy atom. The molecule has 0 aromatic carbocycles. The zero-order valence-electron chi connectivity index (χ0n) is 9.35. The van der Waals surface area contributed by atoms with Crippen LogP contribution in [0.3, 0.4) is 0 Å². The Morgan fingerprint density at radius 3 is 2.60 bits per heavy atom. The standard InChI is InChI=1S/C12H18BrNS/c1-11(2)6-3-7-12(11,14)8-9-4-5-10(13)15-9/h4-5H,3,6-8,14H2,1-2H3. The second kappa shape index (κ2) is 3.86. The lowest BCUT2D eigenvalue weighted by Gasteiger charge is -2.38. The van der Waals surface area contributed by atoms with Crippen LogP contribution in [-0.2, 0) is 6.42 Å². The summed E-state index contributed by atoms with van der Waals surface area (Å²) in [5.41, 5.74) is 6.85. The molecule has 3 heteroatoms. The summed E-state index contributed by atoms with van der Waals surface area (Å²) in [7, 11) is 0. The van der Waals surface area contributed by atoms with Crippen LogP contribution in [0.1, 0.15) is 38.0 Å². The summed E-state index contributed by atoms with van der Waals surface area (Å²) in [5.74, 6) is 0. The van der Waals surface area contributed by atoms with Gasteiger partial charge in [-0.15, -0.1) is 11.3 Å². The molecule has 1 unspecified atom stereocenters. The molecule has 1 atom stereocenters. The van der Waals surface area contributed by atoms with E-state index in [0.717, 1.165) is 12.8 Å². The lowest BCUT2D eigenvalue weighted by molar-refractivity contribution is 0.208. The van der Waals surface area contributed by atoms with Crippen molar-refractivity contribution in [1.29, 1.82) is 0 Å². The van der Waals surface area contributed by atoms with Crippen molar-refractivity contribution in [2.45, 2.75) is 45.1 Å². The minimum atomic E-state index is -0.00269. The first-order chi connectivity index (χ1) is 6.93. The molecule has 1 saturated carbocycles. The van der Waals surface area contributed by atoms with Crippen LogP contribution in [0.15, 0.2) is 15.9 Å². The highest BCUT2D eigenvalue weighted by Gasteiger charge is 2.45. The molecule has 1 heterocycles. The van der Waals surface area contributed by atoms with Crippen LogP contribution < -0.4 is 5.73 Å². The molecular weight excluding hydrogens is 270 g/mol. The molecule has 0 saturated heterocycles. The zero-order chi connectivity index (χ0) is 11.1. The van der Waals surface area contributed by atoms with Crippen molar-refractivity contribution in [3.8, 4) is 0 Å². The Labute approximate surface area is 104 Å². The molecule has 1 aromatic heterocycles. The van der Waals surface area contributed by atoms with E-state index < -0.39 is 0 Å². The van der Waals surface area contributed by atoms with Crippen molar-refractivity contribution >= 4 is 27.3 Å². The normalized spacial score (nSPS) is 29.6. The van der Waals surface area contributed by atoms with Gasteiger partial charge in [-0.3, -0.25) is 0 Å². The van der Waals surface area contributed by atoms with Crippen LogP contribution in [0.4, 0.5) is 0 Å². The summed E-state index contributed by atoms with van der Waals surface area (Å²) in [6.45, 7) is 4.62. The quantitative estimate of drug-likeness (QED) is 0.875. The van der Waals surface area contributed by atoms with Crippen LogP contribution >= 0.6 is 27.3 Å². The van der Waals surface area contributed by atoms with Crippen molar-refractivity contribution in [2.75, 3.05) is 0 Å². The highest BCUT2D eigenvalue weighted by molar-refractivity contribution is 9.11. The average Bonchev–Trinajstić information content (AvgIpc) is 2.59. The Bertz CT molecular complexity index is 358. The summed E-state index contributed by atoms with van der Waals surface area (Å²) >= 11 is 5.32. The molecule has 0 aliphatic heterocycles. The van der Waals surface area contributed by atoms with Gasteiger partial charge in [0, 0.05) is 16.8 Å². The predicted molar refractivity (Wildman–Crippen MR) is 70.3 cm³/mol. The van der Waals surface area contributed by atoms with E-state index in [2.05, 4.69) is 41.9 Å². The van der Waals surface area contributed by atoms with Gasteiger partial charge in [0.15, 0.2) is 0 Å². The van der Waals surface area contributed by atoms with E-state index in [9.17, 15) is 0 Å². The molecule has 0 spiro atoms. The Morgan fingerprint density at radius 2 is 2.13 bits per heavy atom. The van der Waals surface area contributed by atoms with Crippen molar-refractivity contribution in [3.05, 3.63) is 20.8 Å². The summed E-state index contributed by atoms with van der Waals surface area (Å²) in [5, 5.41) is 0. The van der Waals surface area contributed by atoms with Gasteiger partial charge in [0.2, 0.25) is 0 Å². The topological polar surface area (TPSA) is 26.0 Å². The lowest BCUT2D eigenvalue weighted by atomic mass is 9.73. The second-order valence-corrected chi connectivity index (χ2v) is 7.82. The van der Waals surface area contributed by atoms with Gasteiger partial charge in [-0.25, -0.2) is 0 Å². The molecule has 1 nitrogen and oxygen atoms in total. The molecule has 2 N–H and O–H groups in total. The van der Waals surface area contributed by atoms with Gasteiger partial charge in [0.1, 0.15) is 0 Å². The van der Waals surface area contributed by atoms with E-state index in [4.69, 9.17) is 5.73 Å². The van der Waals surface area contributed by atoms with Crippen molar-refractivity contribution in [2.24, 2.45) is 11.1 Å². The Balaban J connectivity index is 2.17. The van der Waals surface area contributed by atoms with Crippen LogP contribution in [-0.4, -0.2) is 5.54 Å². The molecule has 1 aliphatic rings. The maximum atomic E-state index is 6.57. The molecule has 2 rings (SSSR count). The largest absolute Gasteiger partial charge is 0.324 e. The lowest BCUT2D eigenvalue weighted by Crippen LogP contribution is -2.50. The second-order valence-electron chi connectivity index (χ2n) is 5.28. The van der Waals surface area contributed by atoms with E-state index in [-0.39, 0.29) is 11.0 Å². The van der Waals surface area contributed by atoms with Crippen molar-refractivity contribution < 1.29 is 0 Å². The number of halogens is 1. The molecule has 0 amide bonds. The summed E-state index contributed by atoms with van der Waals surface area (Å²) < 4.78 is 1.21. The number of thiophene rings is 1. The predicted octanol–water partition coefficient (Wildman–Crippen LogP) is 3.96. The van der Waals surface area contributed by atoms with Gasteiger partial charge in [0.25, 0.3) is 0 Å². The summed E-state index contributed by atoms with van der Waals surface area (Å²) in [6.07, 6.45) is 4.72. The number of hydrogen-bond acceptors (Lipinski definition) is 2. The summed E-state index contributed by atoms with van der Waals surface area (Å²) in [6, 6.07) is 4.31. The van der Waals surface area contributed by atoms with E-state index in [1.165, 1.54) is 21.5 Å². The molecule has 1 aliphatic carbocycles. The summed E-state index contributed by atoms with van der Waals surface area (Å²) in [4.78, 5) is 1.40. The monoisotopic (exact) mass is 287 g/mol. The van der Waals surface area contributed by atoms with E-state index in [1.54, 1.807) is 0 Å². The first-order valence-electron chi connectivity index (χ1n) is 5.46.